The fourth-order valence-corrected chi connectivity index (χ4v) is 2.12. The van der Waals surface area contributed by atoms with Crippen LogP contribution in [-0.2, 0) is 0 Å². The van der Waals surface area contributed by atoms with Crippen molar-refractivity contribution in [3.63, 3.8) is 0 Å². The number of rotatable bonds is 1. The fraction of sp³-hybridized carbons (Fsp3) is 0. The van der Waals surface area contributed by atoms with Gasteiger partial charge in [0, 0.05) is 21.6 Å². The van der Waals surface area contributed by atoms with E-state index < -0.39 is 0 Å². The number of hydrogen-bond donors (Lipinski definition) is 2. The summed E-state index contributed by atoms with van der Waals surface area (Å²) in [4.78, 5) is 3.30. The van der Waals surface area contributed by atoms with E-state index in [0.29, 0.717) is 5.02 Å². The second-order valence-electron chi connectivity index (χ2n) is 3.96. The Kier molecular flexibility index (Phi) is 2.30. The number of halogens is 1. The van der Waals surface area contributed by atoms with Crippen molar-refractivity contribution < 1.29 is 5.11 Å². The van der Waals surface area contributed by atoms with Gasteiger partial charge in [0.1, 0.15) is 5.75 Å². The molecule has 0 aliphatic heterocycles. The first-order chi connectivity index (χ1) is 8.22. The summed E-state index contributed by atoms with van der Waals surface area (Å²) >= 11 is 5.96. The first-order valence-corrected chi connectivity index (χ1v) is 5.68. The monoisotopic (exact) mass is 243 g/mol. The highest BCUT2D eigenvalue weighted by Crippen LogP contribution is 2.27. The molecule has 0 fully saturated rings. The Morgan fingerprint density at radius 1 is 1.00 bits per heavy atom. The van der Waals surface area contributed by atoms with Crippen LogP contribution in [0.2, 0.25) is 5.02 Å². The summed E-state index contributed by atoms with van der Waals surface area (Å²) in [5, 5.41) is 11.1. The maximum absolute atomic E-state index is 9.42. The molecule has 0 atom stereocenters. The normalized spacial score (nSPS) is 10.9. The first kappa shape index (κ1) is 10.2. The summed E-state index contributed by atoms with van der Waals surface area (Å²) in [7, 11) is 0. The van der Waals surface area contributed by atoms with E-state index in [1.54, 1.807) is 12.1 Å². The van der Waals surface area contributed by atoms with Gasteiger partial charge in [-0.2, -0.15) is 0 Å². The quantitative estimate of drug-likeness (QED) is 0.660. The van der Waals surface area contributed by atoms with E-state index in [2.05, 4.69) is 4.98 Å². The summed E-state index contributed by atoms with van der Waals surface area (Å²) in [5.74, 6) is 0.272. The molecule has 2 aromatic carbocycles. The molecule has 3 rings (SSSR count). The molecule has 0 bridgehead atoms. The minimum atomic E-state index is 0.272. The van der Waals surface area contributed by atoms with Gasteiger partial charge in [0.15, 0.2) is 0 Å². The van der Waals surface area contributed by atoms with E-state index in [-0.39, 0.29) is 5.75 Å². The lowest BCUT2D eigenvalue weighted by atomic mass is 10.1. The van der Waals surface area contributed by atoms with Crippen LogP contribution < -0.4 is 0 Å². The molecule has 0 saturated heterocycles. The molecule has 0 aliphatic carbocycles. The molecule has 1 aromatic heterocycles. The summed E-state index contributed by atoms with van der Waals surface area (Å²) < 4.78 is 0. The molecule has 0 spiro atoms. The van der Waals surface area contributed by atoms with Crippen LogP contribution in [0, 0.1) is 0 Å². The van der Waals surface area contributed by atoms with Crippen LogP contribution >= 0.6 is 11.6 Å². The van der Waals surface area contributed by atoms with Crippen molar-refractivity contribution in [3.05, 3.63) is 53.6 Å². The Bertz CT molecular complexity index is 688. The van der Waals surface area contributed by atoms with Crippen molar-refractivity contribution in [3.8, 4) is 17.0 Å². The number of H-pyrrole nitrogens is 1. The zero-order valence-electron chi connectivity index (χ0n) is 8.94. The third-order valence-corrected chi connectivity index (χ3v) is 2.98. The topological polar surface area (TPSA) is 36.0 Å². The Hall–Kier alpha value is -1.93. The zero-order valence-corrected chi connectivity index (χ0v) is 9.70. The number of aromatic amines is 1. The molecular weight excluding hydrogens is 234 g/mol. The molecule has 1 heterocycles. The van der Waals surface area contributed by atoms with E-state index in [1.807, 2.05) is 36.4 Å². The predicted molar refractivity (Wildman–Crippen MR) is 70.4 cm³/mol. The zero-order chi connectivity index (χ0) is 11.8. The first-order valence-electron chi connectivity index (χ1n) is 5.30. The van der Waals surface area contributed by atoms with E-state index in [9.17, 15) is 5.11 Å². The largest absolute Gasteiger partial charge is 0.508 e. The fourth-order valence-electron chi connectivity index (χ4n) is 1.93. The minimum Gasteiger partial charge on any atom is -0.508 e. The van der Waals surface area contributed by atoms with E-state index in [1.165, 1.54) is 0 Å². The molecular formula is C14H10ClNO. The Morgan fingerprint density at radius 3 is 2.71 bits per heavy atom. The predicted octanol–water partition coefficient (Wildman–Crippen LogP) is 4.19. The Morgan fingerprint density at radius 2 is 1.88 bits per heavy atom. The van der Waals surface area contributed by atoms with Crippen molar-refractivity contribution in [1.29, 1.82) is 0 Å². The van der Waals surface area contributed by atoms with Gasteiger partial charge in [-0.05, 0) is 42.0 Å². The maximum Gasteiger partial charge on any atom is 0.116 e. The molecule has 0 radical (unpaired) electrons. The van der Waals surface area contributed by atoms with Gasteiger partial charge in [-0.15, -0.1) is 0 Å². The van der Waals surface area contributed by atoms with Gasteiger partial charge in [0.05, 0.1) is 0 Å². The highest BCUT2D eigenvalue weighted by atomic mass is 35.5. The molecule has 17 heavy (non-hydrogen) atoms. The lowest BCUT2D eigenvalue weighted by Crippen LogP contribution is -1.76. The van der Waals surface area contributed by atoms with E-state index in [4.69, 9.17) is 11.6 Å². The van der Waals surface area contributed by atoms with Crippen molar-refractivity contribution in [2.24, 2.45) is 0 Å². The SMILES string of the molecule is Oc1ccc2[nH]c(-c3cccc(Cl)c3)cc2c1. The number of nitrogens with one attached hydrogen (secondary N) is 1. The van der Waals surface area contributed by atoms with Crippen molar-refractivity contribution >= 4 is 22.5 Å². The second kappa shape index (κ2) is 3.82. The van der Waals surface area contributed by atoms with Gasteiger partial charge in [-0.1, -0.05) is 23.7 Å². The second-order valence-corrected chi connectivity index (χ2v) is 4.40. The molecule has 2 N–H and O–H groups in total. The highest BCUT2D eigenvalue weighted by molar-refractivity contribution is 6.30. The number of hydrogen-bond acceptors (Lipinski definition) is 1. The van der Waals surface area contributed by atoms with Gasteiger partial charge in [0.25, 0.3) is 0 Å². The maximum atomic E-state index is 9.42. The summed E-state index contributed by atoms with van der Waals surface area (Å²) in [6.45, 7) is 0. The standard InChI is InChI=1S/C14H10ClNO/c15-11-3-1-2-9(6-11)14-8-10-7-12(17)4-5-13(10)16-14/h1-8,16-17H. The molecule has 84 valence electrons. The molecule has 0 unspecified atom stereocenters. The number of benzene rings is 2. The molecule has 2 nitrogen and oxygen atoms in total. The third-order valence-electron chi connectivity index (χ3n) is 2.74. The number of aromatic nitrogens is 1. The van der Waals surface area contributed by atoms with Crippen LogP contribution in [0.25, 0.3) is 22.2 Å². The van der Waals surface area contributed by atoms with Crippen molar-refractivity contribution in [2.45, 2.75) is 0 Å². The summed E-state index contributed by atoms with van der Waals surface area (Å²) in [6, 6.07) is 14.9. The van der Waals surface area contributed by atoms with Crippen LogP contribution in [0.4, 0.5) is 0 Å². The van der Waals surface area contributed by atoms with Crippen LogP contribution in [0.5, 0.6) is 5.75 Å². The molecule has 0 amide bonds. The van der Waals surface area contributed by atoms with Crippen LogP contribution in [0.1, 0.15) is 0 Å². The number of aromatic hydroxyl groups is 1. The van der Waals surface area contributed by atoms with Crippen molar-refractivity contribution in [1.82, 2.24) is 4.98 Å². The van der Waals surface area contributed by atoms with Gasteiger partial charge >= 0.3 is 0 Å². The number of fused-ring (bicyclic) bond motifs is 1. The Labute approximate surface area is 103 Å². The Balaban J connectivity index is 2.18. The average Bonchev–Trinajstić information content (AvgIpc) is 2.72. The summed E-state index contributed by atoms with van der Waals surface area (Å²) in [5.41, 5.74) is 3.03. The van der Waals surface area contributed by atoms with Crippen LogP contribution in [-0.4, -0.2) is 10.1 Å². The number of phenolic OH excluding ortho intramolecular Hbond substituents is 1. The lowest BCUT2D eigenvalue weighted by molar-refractivity contribution is 0.476. The highest BCUT2D eigenvalue weighted by Gasteiger charge is 2.04. The van der Waals surface area contributed by atoms with Crippen LogP contribution in [0.15, 0.2) is 48.5 Å². The number of phenols is 1. The molecule has 3 aromatic rings. The van der Waals surface area contributed by atoms with Gasteiger partial charge < -0.3 is 10.1 Å². The van der Waals surface area contributed by atoms with Gasteiger partial charge in [-0.25, -0.2) is 0 Å². The smallest absolute Gasteiger partial charge is 0.116 e. The van der Waals surface area contributed by atoms with Crippen LogP contribution in [0.3, 0.4) is 0 Å². The molecule has 0 aliphatic rings. The van der Waals surface area contributed by atoms with Crippen molar-refractivity contribution in [2.75, 3.05) is 0 Å². The molecule has 3 heteroatoms. The molecule has 0 saturated carbocycles. The van der Waals surface area contributed by atoms with Gasteiger partial charge in [-0.3, -0.25) is 0 Å². The van der Waals surface area contributed by atoms with Gasteiger partial charge in [0.2, 0.25) is 0 Å². The summed E-state index contributed by atoms with van der Waals surface area (Å²) in [6.07, 6.45) is 0. The minimum absolute atomic E-state index is 0.272. The third kappa shape index (κ3) is 1.87. The lowest BCUT2D eigenvalue weighted by Gasteiger charge is -1.97. The van der Waals surface area contributed by atoms with E-state index >= 15 is 0 Å². The van der Waals surface area contributed by atoms with E-state index in [0.717, 1.165) is 22.2 Å². The average molecular weight is 244 g/mol.